The molecule has 2 aliphatic rings. The predicted molar refractivity (Wildman–Crippen MR) is 196 cm³/mol. The monoisotopic (exact) mass is 707 g/mol. The molecule has 0 radical (unpaired) electrons. The van der Waals surface area contributed by atoms with Crippen LogP contribution in [0.2, 0.25) is 0 Å². The number of rotatable bonds is 13. The van der Waals surface area contributed by atoms with E-state index in [2.05, 4.69) is 0 Å². The van der Waals surface area contributed by atoms with Crippen LogP contribution in [0.3, 0.4) is 0 Å². The number of carbonyl (C=O) groups is 2. The molecule has 2 fully saturated rings. The predicted octanol–water partition coefficient (Wildman–Crippen LogP) is 7.86. The Bertz CT molecular complexity index is 1700. The van der Waals surface area contributed by atoms with E-state index < -0.39 is 60.3 Å². The van der Waals surface area contributed by atoms with Gasteiger partial charge in [-0.05, 0) is 29.2 Å². The molecule has 0 N–H and O–H groups in total. The SMILES string of the molecule is C[C@@H]1O[C@@H](C[C@H]2C(=O)O[C@@H](C(C)(C)C)N2C(=O)OCc2ccccc2)[C@H](OCc2ccccc2)[C@H](OCc2ccccc2)[C@H]1OCc1ccccc1. The standard InChI is InChI=1S/C43H49NO8/c1-30-37(47-26-31-17-9-5-10-18-31)39(49-28-33-21-13-7-14-22-33)38(48-27-32-19-11-6-12-20-32)36(51-30)25-35-40(45)52-41(43(2,3)4)44(35)42(46)50-29-34-23-15-8-16-24-34/h5-24,30,35-39,41H,25-29H2,1-4H3/t30-,35-,36-,37-,38-,39+,41-/m0/s1. The quantitative estimate of drug-likeness (QED) is 0.130. The van der Waals surface area contributed by atoms with Crippen LogP contribution < -0.4 is 0 Å². The molecule has 0 aromatic heterocycles. The van der Waals surface area contributed by atoms with Crippen molar-refractivity contribution in [2.45, 2.75) is 103 Å². The van der Waals surface area contributed by atoms with Gasteiger partial charge in [0.1, 0.15) is 31.0 Å². The fraction of sp³-hybridized carbons (Fsp3) is 0.395. The highest BCUT2D eigenvalue weighted by Gasteiger charge is 2.54. The lowest BCUT2D eigenvalue weighted by molar-refractivity contribution is -0.263. The molecule has 9 heteroatoms. The van der Waals surface area contributed by atoms with Gasteiger partial charge in [-0.2, -0.15) is 0 Å². The van der Waals surface area contributed by atoms with Gasteiger partial charge < -0.3 is 28.4 Å². The molecule has 4 aromatic carbocycles. The highest BCUT2D eigenvalue weighted by Crippen LogP contribution is 2.38. The normalized spacial score (nSPS) is 24.7. The number of nitrogens with zero attached hydrogens (tertiary/aromatic N) is 1. The highest BCUT2D eigenvalue weighted by atomic mass is 16.6. The Kier molecular flexibility index (Phi) is 12.4. The summed E-state index contributed by atoms with van der Waals surface area (Å²) in [5.74, 6) is -0.515. The molecule has 0 saturated carbocycles. The second-order valence-electron chi connectivity index (χ2n) is 14.5. The molecule has 0 spiro atoms. The van der Waals surface area contributed by atoms with Gasteiger partial charge in [-0.1, -0.05) is 142 Å². The van der Waals surface area contributed by atoms with E-state index in [0.29, 0.717) is 13.2 Å². The Morgan fingerprint density at radius 3 is 1.52 bits per heavy atom. The molecule has 7 atom stereocenters. The van der Waals surface area contributed by atoms with E-state index in [4.69, 9.17) is 28.4 Å². The fourth-order valence-electron chi connectivity index (χ4n) is 6.77. The van der Waals surface area contributed by atoms with Crippen LogP contribution in [0, 0.1) is 5.41 Å². The maximum Gasteiger partial charge on any atom is 0.413 e. The van der Waals surface area contributed by atoms with Crippen molar-refractivity contribution < 1.29 is 38.0 Å². The minimum absolute atomic E-state index is 0.0591. The fourth-order valence-corrected chi connectivity index (χ4v) is 6.77. The third-order valence-corrected chi connectivity index (χ3v) is 9.42. The Balaban J connectivity index is 1.30. The second kappa shape index (κ2) is 17.3. The summed E-state index contributed by atoms with van der Waals surface area (Å²) in [6.45, 7) is 8.74. The number of hydrogen-bond acceptors (Lipinski definition) is 8. The second-order valence-corrected chi connectivity index (χ2v) is 14.5. The summed E-state index contributed by atoms with van der Waals surface area (Å²) in [4.78, 5) is 29.1. The summed E-state index contributed by atoms with van der Waals surface area (Å²) in [5, 5.41) is 0. The molecule has 0 unspecified atom stereocenters. The van der Waals surface area contributed by atoms with Crippen LogP contribution in [0.4, 0.5) is 4.79 Å². The van der Waals surface area contributed by atoms with Crippen molar-refractivity contribution in [2.75, 3.05) is 0 Å². The number of hydrogen-bond donors (Lipinski definition) is 0. The Labute approximate surface area is 306 Å². The number of benzene rings is 4. The number of carbonyl (C=O) groups excluding carboxylic acids is 2. The first-order valence-electron chi connectivity index (χ1n) is 18.0. The summed E-state index contributed by atoms with van der Waals surface area (Å²) < 4.78 is 38.5. The van der Waals surface area contributed by atoms with E-state index in [1.807, 2.05) is 149 Å². The molecule has 52 heavy (non-hydrogen) atoms. The zero-order valence-corrected chi connectivity index (χ0v) is 30.3. The van der Waals surface area contributed by atoms with Crippen molar-refractivity contribution in [2.24, 2.45) is 5.41 Å². The van der Waals surface area contributed by atoms with Crippen molar-refractivity contribution >= 4 is 12.1 Å². The Morgan fingerprint density at radius 1 is 0.635 bits per heavy atom. The summed E-state index contributed by atoms with van der Waals surface area (Å²) in [7, 11) is 0. The molecule has 6 rings (SSSR count). The van der Waals surface area contributed by atoms with E-state index in [-0.39, 0.29) is 19.6 Å². The Morgan fingerprint density at radius 2 is 1.06 bits per heavy atom. The summed E-state index contributed by atoms with van der Waals surface area (Å²) in [6, 6.07) is 38.2. The van der Waals surface area contributed by atoms with Gasteiger partial charge in [0.15, 0.2) is 6.23 Å². The van der Waals surface area contributed by atoms with E-state index in [1.165, 1.54) is 4.90 Å². The zero-order valence-electron chi connectivity index (χ0n) is 30.3. The third kappa shape index (κ3) is 9.46. The van der Waals surface area contributed by atoms with Crippen LogP contribution in [0.5, 0.6) is 0 Å². The first-order chi connectivity index (χ1) is 25.2. The third-order valence-electron chi connectivity index (χ3n) is 9.42. The average Bonchev–Trinajstić information content (AvgIpc) is 3.50. The lowest BCUT2D eigenvalue weighted by Crippen LogP contribution is -2.61. The van der Waals surface area contributed by atoms with E-state index >= 15 is 0 Å². The molecule has 2 saturated heterocycles. The topological polar surface area (TPSA) is 92.8 Å². The average molecular weight is 708 g/mol. The minimum atomic E-state index is -0.982. The molecule has 2 heterocycles. The molecule has 9 nitrogen and oxygen atoms in total. The van der Waals surface area contributed by atoms with Crippen LogP contribution in [-0.2, 0) is 59.6 Å². The van der Waals surface area contributed by atoms with Gasteiger partial charge in [-0.3, -0.25) is 4.90 Å². The smallest absolute Gasteiger partial charge is 0.413 e. The highest BCUT2D eigenvalue weighted by molar-refractivity contribution is 5.84. The molecular weight excluding hydrogens is 658 g/mol. The molecule has 1 amide bonds. The summed E-state index contributed by atoms with van der Waals surface area (Å²) in [6.07, 6.45) is -4.26. The first kappa shape index (κ1) is 37.2. The van der Waals surface area contributed by atoms with Crippen LogP contribution in [0.25, 0.3) is 0 Å². The molecule has 0 bridgehead atoms. The summed E-state index contributed by atoms with van der Waals surface area (Å²) >= 11 is 0. The van der Waals surface area contributed by atoms with Crippen molar-refractivity contribution in [3.8, 4) is 0 Å². The molecule has 2 aliphatic heterocycles. The van der Waals surface area contributed by atoms with Gasteiger partial charge in [0.2, 0.25) is 0 Å². The van der Waals surface area contributed by atoms with Gasteiger partial charge >= 0.3 is 12.1 Å². The largest absolute Gasteiger partial charge is 0.444 e. The van der Waals surface area contributed by atoms with Gasteiger partial charge in [0.25, 0.3) is 0 Å². The van der Waals surface area contributed by atoms with Crippen LogP contribution in [0.1, 0.15) is 56.4 Å². The van der Waals surface area contributed by atoms with E-state index in [9.17, 15) is 9.59 Å². The van der Waals surface area contributed by atoms with Gasteiger partial charge in [0, 0.05) is 11.8 Å². The summed E-state index contributed by atoms with van der Waals surface area (Å²) in [5.41, 5.74) is 3.25. The maximum atomic E-state index is 13.9. The van der Waals surface area contributed by atoms with Crippen LogP contribution in [-0.4, -0.2) is 59.8 Å². The molecule has 4 aromatic rings. The van der Waals surface area contributed by atoms with Crippen molar-refractivity contribution in [3.05, 3.63) is 144 Å². The lowest BCUT2D eigenvalue weighted by atomic mass is 9.90. The van der Waals surface area contributed by atoms with E-state index in [1.54, 1.807) is 0 Å². The maximum absolute atomic E-state index is 13.9. The number of esters is 1. The number of ether oxygens (including phenoxy) is 6. The molecular formula is C43H49NO8. The lowest BCUT2D eigenvalue weighted by Gasteiger charge is -2.46. The first-order valence-corrected chi connectivity index (χ1v) is 18.0. The number of cyclic esters (lactones) is 1. The zero-order chi connectivity index (χ0) is 36.5. The number of amides is 1. The van der Waals surface area contributed by atoms with Gasteiger partial charge in [-0.15, -0.1) is 0 Å². The Hall–Kier alpha value is -4.54. The van der Waals surface area contributed by atoms with Crippen molar-refractivity contribution in [1.82, 2.24) is 4.90 Å². The molecule has 274 valence electrons. The van der Waals surface area contributed by atoms with Crippen molar-refractivity contribution in [3.63, 3.8) is 0 Å². The van der Waals surface area contributed by atoms with Crippen molar-refractivity contribution in [1.29, 1.82) is 0 Å². The molecule has 0 aliphatic carbocycles. The van der Waals surface area contributed by atoms with Gasteiger partial charge in [-0.25, -0.2) is 9.59 Å². The van der Waals surface area contributed by atoms with Crippen LogP contribution >= 0.6 is 0 Å². The van der Waals surface area contributed by atoms with E-state index in [0.717, 1.165) is 22.3 Å². The van der Waals surface area contributed by atoms with Gasteiger partial charge in [0.05, 0.1) is 32.0 Å². The minimum Gasteiger partial charge on any atom is -0.444 e. The van der Waals surface area contributed by atoms with Crippen LogP contribution in [0.15, 0.2) is 121 Å².